The van der Waals surface area contributed by atoms with Gasteiger partial charge in [-0.1, -0.05) is 0 Å². The van der Waals surface area contributed by atoms with Crippen molar-refractivity contribution in [3.8, 4) is 0 Å². The maximum atomic E-state index is 12.6. The third-order valence-corrected chi connectivity index (χ3v) is 6.37. The number of hydrogen-bond donors (Lipinski definition) is 4. The normalized spacial score (nSPS) is 12.0. The standard InChI is InChI=1S/C14H19N5O5S2/c1-16-11-5-4-9(25(21,22)17-2)6-12(11)18-26(23,24)10-7-13(14(15)20)19(3)8-10/h4-8,16-18H,1-3H3,(H2,15,20). The fourth-order valence-corrected chi connectivity index (χ4v) is 4.14. The van der Waals surface area contributed by atoms with Crippen LogP contribution in [0, 0.1) is 0 Å². The van der Waals surface area contributed by atoms with Crippen LogP contribution in [0.4, 0.5) is 11.4 Å². The molecule has 0 bridgehead atoms. The lowest BCUT2D eigenvalue weighted by molar-refractivity contribution is 0.0992. The average Bonchev–Trinajstić information content (AvgIpc) is 2.97. The van der Waals surface area contributed by atoms with Crippen molar-refractivity contribution in [3.05, 3.63) is 36.2 Å². The van der Waals surface area contributed by atoms with E-state index in [4.69, 9.17) is 5.73 Å². The minimum absolute atomic E-state index is 0.0192. The van der Waals surface area contributed by atoms with Crippen LogP contribution in [0.5, 0.6) is 0 Å². The first kappa shape index (κ1) is 19.8. The predicted molar refractivity (Wildman–Crippen MR) is 97.0 cm³/mol. The van der Waals surface area contributed by atoms with E-state index in [0.29, 0.717) is 5.69 Å². The molecule has 5 N–H and O–H groups in total. The summed E-state index contributed by atoms with van der Waals surface area (Å²) in [5.74, 6) is -0.771. The van der Waals surface area contributed by atoms with E-state index in [1.165, 1.54) is 43.1 Å². The van der Waals surface area contributed by atoms with Crippen molar-refractivity contribution >= 4 is 37.3 Å². The van der Waals surface area contributed by atoms with Crippen LogP contribution in [0.1, 0.15) is 10.5 Å². The number of aryl methyl sites for hydroxylation is 1. The van der Waals surface area contributed by atoms with E-state index in [2.05, 4.69) is 14.8 Å². The van der Waals surface area contributed by atoms with Crippen molar-refractivity contribution in [1.29, 1.82) is 0 Å². The summed E-state index contributed by atoms with van der Waals surface area (Å²) in [5.41, 5.74) is 5.62. The number of carbonyl (C=O) groups is 1. The smallest absolute Gasteiger partial charge is 0.265 e. The summed E-state index contributed by atoms with van der Waals surface area (Å²) in [4.78, 5) is 11.0. The number of aromatic nitrogens is 1. The molecule has 0 aliphatic carbocycles. The van der Waals surface area contributed by atoms with E-state index in [-0.39, 0.29) is 21.2 Å². The van der Waals surface area contributed by atoms with Crippen LogP contribution < -0.4 is 20.5 Å². The van der Waals surface area contributed by atoms with E-state index < -0.39 is 26.0 Å². The molecule has 26 heavy (non-hydrogen) atoms. The molecule has 0 unspecified atom stereocenters. The predicted octanol–water partition coefficient (Wildman–Crippen LogP) is -0.125. The summed E-state index contributed by atoms with van der Waals surface area (Å²) in [7, 11) is -3.54. The number of sulfonamides is 2. The van der Waals surface area contributed by atoms with E-state index in [1.807, 2.05) is 0 Å². The Morgan fingerprint density at radius 1 is 1.00 bits per heavy atom. The van der Waals surface area contributed by atoms with E-state index in [0.717, 1.165) is 6.07 Å². The molecule has 2 rings (SSSR count). The average molecular weight is 401 g/mol. The zero-order valence-electron chi connectivity index (χ0n) is 14.3. The van der Waals surface area contributed by atoms with Crippen LogP contribution in [0.3, 0.4) is 0 Å². The Hall–Kier alpha value is -2.57. The van der Waals surface area contributed by atoms with Gasteiger partial charge in [0.1, 0.15) is 10.6 Å². The highest BCUT2D eigenvalue weighted by Gasteiger charge is 2.22. The van der Waals surface area contributed by atoms with Gasteiger partial charge in [0.25, 0.3) is 15.9 Å². The molecule has 2 aromatic rings. The summed E-state index contributed by atoms with van der Waals surface area (Å²) in [6.07, 6.45) is 1.23. The highest BCUT2D eigenvalue weighted by Crippen LogP contribution is 2.28. The molecular weight excluding hydrogens is 382 g/mol. The second-order valence-electron chi connectivity index (χ2n) is 5.31. The first-order chi connectivity index (χ1) is 12.0. The Morgan fingerprint density at radius 2 is 1.65 bits per heavy atom. The van der Waals surface area contributed by atoms with Gasteiger partial charge in [-0.15, -0.1) is 0 Å². The lowest BCUT2D eigenvalue weighted by Gasteiger charge is -2.13. The van der Waals surface area contributed by atoms with Crippen LogP contribution >= 0.6 is 0 Å². The van der Waals surface area contributed by atoms with Crippen LogP contribution in [-0.4, -0.2) is 41.4 Å². The molecule has 0 radical (unpaired) electrons. The number of anilines is 2. The fraction of sp³-hybridized carbons (Fsp3) is 0.214. The van der Waals surface area contributed by atoms with Gasteiger partial charge in [-0.25, -0.2) is 21.6 Å². The molecule has 0 saturated heterocycles. The third-order valence-electron chi connectivity index (χ3n) is 3.63. The molecule has 1 heterocycles. The van der Waals surface area contributed by atoms with Gasteiger partial charge in [0.05, 0.1) is 16.3 Å². The molecule has 0 fully saturated rings. The largest absolute Gasteiger partial charge is 0.386 e. The van der Waals surface area contributed by atoms with Crippen LogP contribution in [0.25, 0.3) is 0 Å². The molecule has 142 valence electrons. The Balaban J connectivity index is 2.50. The number of benzene rings is 1. The molecule has 1 amide bonds. The van der Waals surface area contributed by atoms with Gasteiger partial charge in [-0.2, -0.15) is 0 Å². The zero-order valence-corrected chi connectivity index (χ0v) is 15.9. The van der Waals surface area contributed by atoms with E-state index in [9.17, 15) is 21.6 Å². The van der Waals surface area contributed by atoms with Gasteiger partial charge >= 0.3 is 0 Å². The molecule has 0 saturated carbocycles. The highest BCUT2D eigenvalue weighted by molar-refractivity contribution is 7.92. The second kappa shape index (κ2) is 6.97. The molecule has 1 aromatic heterocycles. The van der Waals surface area contributed by atoms with Crippen LogP contribution in [0.15, 0.2) is 40.3 Å². The molecule has 0 spiro atoms. The second-order valence-corrected chi connectivity index (χ2v) is 8.88. The Bertz CT molecular complexity index is 1060. The quantitative estimate of drug-likeness (QED) is 0.507. The van der Waals surface area contributed by atoms with Crippen LogP contribution in [-0.2, 0) is 27.1 Å². The number of nitrogens with one attached hydrogen (secondary N) is 3. The van der Waals surface area contributed by atoms with Crippen molar-refractivity contribution in [3.63, 3.8) is 0 Å². The number of amides is 1. The van der Waals surface area contributed by atoms with Gasteiger partial charge < -0.3 is 15.6 Å². The zero-order chi connectivity index (χ0) is 19.7. The minimum atomic E-state index is -4.08. The fourth-order valence-electron chi connectivity index (χ4n) is 2.24. The van der Waals surface area contributed by atoms with Crippen molar-refractivity contribution in [1.82, 2.24) is 9.29 Å². The van der Waals surface area contributed by atoms with Crippen molar-refractivity contribution < 1.29 is 21.6 Å². The molecule has 1 aromatic carbocycles. The summed E-state index contributed by atoms with van der Waals surface area (Å²) in [5, 5.41) is 2.78. The topological polar surface area (TPSA) is 152 Å². The molecule has 0 aliphatic heterocycles. The monoisotopic (exact) mass is 401 g/mol. The highest BCUT2D eigenvalue weighted by atomic mass is 32.2. The summed E-state index contributed by atoms with van der Waals surface area (Å²) in [6, 6.07) is 5.09. The van der Waals surface area contributed by atoms with Gasteiger partial charge in [0, 0.05) is 20.3 Å². The number of hydrogen-bond acceptors (Lipinski definition) is 6. The van der Waals surface area contributed by atoms with E-state index in [1.54, 1.807) is 7.05 Å². The maximum absolute atomic E-state index is 12.6. The van der Waals surface area contributed by atoms with E-state index >= 15 is 0 Å². The van der Waals surface area contributed by atoms with Gasteiger partial charge in [0.2, 0.25) is 10.0 Å². The molecule has 0 atom stereocenters. The Labute approximate surface area is 151 Å². The number of rotatable bonds is 7. The first-order valence-corrected chi connectivity index (χ1v) is 10.2. The Kier molecular flexibility index (Phi) is 5.30. The molecular formula is C14H19N5O5S2. The van der Waals surface area contributed by atoms with Crippen molar-refractivity contribution in [2.45, 2.75) is 9.79 Å². The summed E-state index contributed by atoms with van der Waals surface area (Å²) in [6.45, 7) is 0. The van der Waals surface area contributed by atoms with Gasteiger partial charge in [-0.3, -0.25) is 9.52 Å². The van der Waals surface area contributed by atoms with Gasteiger partial charge in [-0.05, 0) is 31.3 Å². The molecule has 10 nitrogen and oxygen atoms in total. The molecule has 0 aliphatic rings. The lowest BCUT2D eigenvalue weighted by atomic mass is 10.3. The Morgan fingerprint density at radius 3 is 2.15 bits per heavy atom. The number of carbonyl (C=O) groups excluding carboxylic acids is 1. The van der Waals surface area contributed by atoms with Crippen LogP contribution in [0.2, 0.25) is 0 Å². The lowest BCUT2D eigenvalue weighted by Crippen LogP contribution is -2.19. The summed E-state index contributed by atoms with van der Waals surface area (Å²) < 4.78 is 54.9. The summed E-state index contributed by atoms with van der Waals surface area (Å²) >= 11 is 0. The first-order valence-electron chi connectivity index (χ1n) is 7.26. The maximum Gasteiger partial charge on any atom is 0.265 e. The number of nitrogens with zero attached hydrogens (tertiary/aromatic N) is 1. The number of primary amides is 1. The SMILES string of the molecule is CNc1ccc(S(=O)(=O)NC)cc1NS(=O)(=O)c1cc(C(N)=O)n(C)c1. The molecule has 12 heteroatoms. The van der Waals surface area contributed by atoms with Crippen molar-refractivity contribution in [2.24, 2.45) is 12.8 Å². The number of nitrogens with two attached hydrogens (primary N) is 1. The third kappa shape index (κ3) is 3.81. The van der Waals surface area contributed by atoms with Crippen molar-refractivity contribution in [2.75, 3.05) is 24.1 Å². The van der Waals surface area contributed by atoms with Gasteiger partial charge in [0.15, 0.2) is 0 Å². The minimum Gasteiger partial charge on any atom is -0.386 e.